The summed E-state index contributed by atoms with van der Waals surface area (Å²) in [5.41, 5.74) is 2.27. The number of rotatable bonds is 11. The number of alkyl carbamates (subject to hydrolysis) is 1. The van der Waals surface area contributed by atoms with Crippen LogP contribution in [0, 0.1) is 5.92 Å². The first-order valence-corrected chi connectivity index (χ1v) is 10.3. The van der Waals surface area contributed by atoms with Crippen LogP contribution in [0.3, 0.4) is 0 Å². The molecule has 7 heteroatoms. The first-order chi connectivity index (χ1) is 14.9. The molecule has 7 nitrogen and oxygen atoms in total. The van der Waals surface area contributed by atoms with Crippen molar-refractivity contribution >= 4 is 23.5 Å². The van der Waals surface area contributed by atoms with Gasteiger partial charge in [0.25, 0.3) is 0 Å². The van der Waals surface area contributed by atoms with E-state index in [9.17, 15) is 14.4 Å². The molecule has 0 aromatic heterocycles. The largest absolute Gasteiger partial charge is 0.464 e. The Hall–Kier alpha value is -3.35. The van der Waals surface area contributed by atoms with Gasteiger partial charge in [0.1, 0.15) is 12.6 Å². The highest BCUT2D eigenvalue weighted by molar-refractivity contribution is 5.96. The van der Waals surface area contributed by atoms with E-state index in [1.54, 1.807) is 31.3 Å². The zero-order chi connectivity index (χ0) is 22.6. The molecule has 0 spiro atoms. The highest BCUT2D eigenvalue weighted by Crippen LogP contribution is 2.13. The van der Waals surface area contributed by atoms with Crippen molar-refractivity contribution in [1.29, 1.82) is 0 Å². The number of carbonyl (C=O) groups is 3. The number of carbonyl (C=O) groups excluding carboxylic acids is 3. The third-order valence-electron chi connectivity index (χ3n) is 4.50. The van der Waals surface area contributed by atoms with Crippen molar-refractivity contribution in [2.75, 3.05) is 19.0 Å². The maximum Gasteiger partial charge on any atom is 0.408 e. The van der Waals surface area contributed by atoms with Gasteiger partial charge < -0.3 is 20.1 Å². The van der Waals surface area contributed by atoms with Crippen LogP contribution in [0.15, 0.2) is 54.6 Å². The normalized spacial score (nSPS) is 11.5. The SMILES string of the molecule is CNc1ccc(C(=O)CCC(NC(=O)OCc2ccccc2)C(=O)OCC(C)C)cc1. The van der Waals surface area contributed by atoms with Gasteiger partial charge in [-0.3, -0.25) is 4.79 Å². The first-order valence-electron chi connectivity index (χ1n) is 10.3. The molecule has 0 aliphatic heterocycles. The summed E-state index contributed by atoms with van der Waals surface area (Å²) in [4.78, 5) is 37.2. The number of ether oxygens (including phenoxy) is 2. The molecule has 0 bridgehead atoms. The highest BCUT2D eigenvalue weighted by atomic mass is 16.6. The van der Waals surface area contributed by atoms with Gasteiger partial charge in [-0.25, -0.2) is 9.59 Å². The quantitative estimate of drug-likeness (QED) is 0.413. The van der Waals surface area contributed by atoms with E-state index in [0.717, 1.165) is 11.3 Å². The van der Waals surface area contributed by atoms with Gasteiger partial charge >= 0.3 is 12.1 Å². The lowest BCUT2D eigenvalue weighted by Gasteiger charge is -2.18. The smallest absolute Gasteiger partial charge is 0.408 e. The van der Waals surface area contributed by atoms with Crippen LogP contribution in [-0.4, -0.2) is 37.5 Å². The fraction of sp³-hybridized carbons (Fsp3) is 0.375. The molecule has 1 atom stereocenters. The zero-order valence-electron chi connectivity index (χ0n) is 18.2. The molecule has 0 aliphatic carbocycles. The minimum absolute atomic E-state index is 0.0805. The molecule has 0 fully saturated rings. The number of Topliss-reactive ketones (excluding diaryl/α,β-unsaturated/α-hetero) is 1. The molecule has 2 aromatic carbocycles. The summed E-state index contributed by atoms with van der Waals surface area (Å²) in [6.45, 7) is 4.15. The Morgan fingerprint density at radius 2 is 1.61 bits per heavy atom. The van der Waals surface area contributed by atoms with Gasteiger partial charge in [0.15, 0.2) is 5.78 Å². The third kappa shape index (κ3) is 8.50. The summed E-state index contributed by atoms with van der Waals surface area (Å²) in [5, 5.41) is 5.53. The van der Waals surface area contributed by atoms with Crippen LogP contribution in [0.2, 0.25) is 0 Å². The van der Waals surface area contributed by atoms with Gasteiger partial charge in [-0.2, -0.15) is 0 Å². The van der Waals surface area contributed by atoms with E-state index in [-0.39, 0.29) is 37.8 Å². The predicted octanol–water partition coefficient (Wildman–Crippen LogP) is 4.19. The van der Waals surface area contributed by atoms with E-state index in [0.29, 0.717) is 5.56 Å². The van der Waals surface area contributed by atoms with Crippen LogP contribution in [0.1, 0.15) is 42.6 Å². The second-order valence-corrected chi connectivity index (χ2v) is 7.57. The van der Waals surface area contributed by atoms with Crippen LogP contribution in [0.5, 0.6) is 0 Å². The van der Waals surface area contributed by atoms with E-state index >= 15 is 0 Å². The van der Waals surface area contributed by atoms with E-state index in [1.807, 2.05) is 44.2 Å². The minimum Gasteiger partial charge on any atom is -0.464 e. The van der Waals surface area contributed by atoms with Crippen LogP contribution in [0.4, 0.5) is 10.5 Å². The molecule has 0 heterocycles. The monoisotopic (exact) mass is 426 g/mol. The first kappa shape index (κ1) is 23.9. The number of hydrogen-bond acceptors (Lipinski definition) is 6. The lowest BCUT2D eigenvalue weighted by Crippen LogP contribution is -2.42. The second-order valence-electron chi connectivity index (χ2n) is 7.57. The molecule has 2 aromatic rings. The van der Waals surface area contributed by atoms with E-state index in [4.69, 9.17) is 9.47 Å². The summed E-state index contributed by atoms with van der Waals surface area (Å²) in [6.07, 6.45) is -0.537. The van der Waals surface area contributed by atoms with Crippen LogP contribution in [-0.2, 0) is 20.9 Å². The Bertz CT molecular complexity index is 850. The Balaban J connectivity index is 1.95. The standard InChI is InChI=1S/C24H30N2O5/c1-17(2)15-30-23(28)21(26-24(29)31-16-18-7-5-4-6-8-18)13-14-22(27)19-9-11-20(25-3)12-10-19/h4-12,17,21,25H,13-16H2,1-3H3,(H,26,29). The third-order valence-corrected chi connectivity index (χ3v) is 4.50. The Morgan fingerprint density at radius 3 is 2.23 bits per heavy atom. The van der Waals surface area contributed by atoms with Gasteiger partial charge in [0.05, 0.1) is 6.61 Å². The predicted molar refractivity (Wildman–Crippen MR) is 119 cm³/mol. The summed E-state index contributed by atoms with van der Waals surface area (Å²) in [6, 6.07) is 15.3. The number of benzene rings is 2. The molecular weight excluding hydrogens is 396 g/mol. The molecule has 0 saturated carbocycles. The molecule has 1 unspecified atom stereocenters. The molecule has 2 rings (SSSR count). The minimum atomic E-state index is -0.970. The molecule has 0 radical (unpaired) electrons. The average molecular weight is 427 g/mol. The molecule has 1 amide bonds. The lowest BCUT2D eigenvalue weighted by atomic mass is 10.0. The van der Waals surface area contributed by atoms with Gasteiger partial charge in [-0.1, -0.05) is 44.2 Å². The fourth-order valence-corrected chi connectivity index (χ4v) is 2.75. The van der Waals surface area contributed by atoms with Crippen molar-refractivity contribution in [2.45, 2.75) is 39.3 Å². The van der Waals surface area contributed by atoms with Crippen molar-refractivity contribution in [3.05, 3.63) is 65.7 Å². The van der Waals surface area contributed by atoms with Gasteiger partial charge in [-0.15, -0.1) is 0 Å². The fourth-order valence-electron chi connectivity index (χ4n) is 2.75. The summed E-state index contributed by atoms with van der Waals surface area (Å²) < 4.78 is 10.5. The van der Waals surface area contributed by atoms with Gasteiger partial charge in [0.2, 0.25) is 0 Å². The van der Waals surface area contributed by atoms with Crippen molar-refractivity contribution in [1.82, 2.24) is 5.32 Å². The molecular formula is C24H30N2O5. The number of hydrogen-bond donors (Lipinski definition) is 2. The van der Waals surface area contributed by atoms with Crippen molar-refractivity contribution in [2.24, 2.45) is 5.92 Å². The number of anilines is 1. The maximum absolute atomic E-state index is 12.5. The van der Waals surface area contributed by atoms with Gasteiger partial charge in [-0.05, 0) is 42.2 Å². The van der Waals surface area contributed by atoms with Crippen LogP contribution < -0.4 is 10.6 Å². The number of esters is 1. The number of amides is 1. The van der Waals surface area contributed by atoms with Crippen LogP contribution >= 0.6 is 0 Å². The summed E-state index contributed by atoms with van der Waals surface area (Å²) in [5.74, 6) is -0.547. The lowest BCUT2D eigenvalue weighted by molar-refractivity contribution is -0.147. The van der Waals surface area contributed by atoms with E-state index < -0.39 is 18.1 Å². The number of nitrogens with one attached hydrogen (secondary N) is 2. The van der Waals surface area contributed by atoms with Crippen LogP contribution in [0.25, 0.3) is 0 Å². The Kier molecular flexibility index (Phi) is 9.55. The van der Waals surface area contributed by atoms with Crippen molar-refractivity contribution < 1.29 is 23.9 Å². The Labute approximate surface area is 183 Å². The maximum atomic E-state index is 12.5. The second kappa shape index (κ2) is 12.4. The number of ketones is 1. The Morgan fingerprint density at radius 1 is 0.935 bits per heavy atom. The molecule has 166 valence electrons. The molecule has 2 N–H and O–H groups in total. The average Bonchev–Trinajstić information content (AvgIpc) is 2.79. The molecule has 0 saturated heterocycles. The van der Waals surface area contributed by atoms with Crippen molar-refractivity contribution in [3.63, 3.8) is 0 Å². The summed E-state index contributed by atoms with van der Waals surface area (Å²) in [7, 11) is 1.80. The molecule has 31 heavy (non-hydrogen) atoms. The van der Waals surface area contributed by atoms with E-state index in [2.05, 4.69) is 10.6 Å². The van der Waals surface area contributed by atoms with E-state index in [1.165, 1.54) is 0 Å². The van der Waals surface area contributed by atoms with Gasteiger partial charge in [0, 0.05) is 24.7 Å². The highest BCUT2D eigenvalue weighted by Gasteiger charge is 2.24. The zero-order valence-corrected chi connectivity index (χ0v) is 18.2. The molecule has 0 aliphatic rings. The topological polar surface area (TPSA) is 93.7 Å². The van der Waals surface area contributed by atoms with Crippen molar-refractivity contribution in [3.8, 4) is 0 Å². The summed E-state index contributed by atoms with van der Waals surface area (Å²) >= 11 is 0.